The Bertz CT molecular complexity index is 104. The predicted molar refractivity (Wildman–Crippen MR) is 49.2 cm³/mol. The molecule has 0 amide bonds. The third-order valence-corrected chi connectivity index (χ3v) is 2.05. The quantitative estimate of drug-likeness (QED) is 0.625. The van der Waals surface area contributed by atoms with Gasteiger partial charge in [-0.1, -0.05) is 6.58 Å². The fraction of sp³-hybridized carbons (Fsp3) is 0.714. The molecule has 0 saturated carbocycles. The first-order chi connectivity index (χ1) is 4.72. The largest absolute Gasteiger partial charge is 0.401 e. The lowest BCUT2D eigenvalue weighted by atomic mass is 10.2. The highest BCUT2D eigenvalue weighted by Crippen LogP contribution is 2.03. The van der Waals surface area contributed by atoms with E-state index in [1.54, 1.807) is 0 Å². The lowest BCUT2D eigenvalue weighted by Crippen LogP contribution is -2.31. The second-order valence-electron chi connectivity index (χ2n) is 2.20. The standard InChI is InChI=1S/C7H16N2S/c1-6(8)7(9-2)4-5-10-3/h7,9H,1,4-5,8H2,2-3H3/t7-/m0/s1. The molecule has 0 radical (unpaired) electrons. The van der Waals surface area contributed by atoms with E-state index in [1.165, 1.54) is 0 Å². The Morgan fingerprint density at radius 2 is 2.40 bits per heavy atom. The van der Waals surface area contributed by atoms with Crippen molar-refractivity contribution in [3.63, 3.8) is 0 Å². The Labute approximate surface area is 67.3 Å². The van der Waals surface area contributed by atoms with Crippen LogP contribution in [0.25, 0.3) is 0 Å². The summed E-state index contributed by atoms with van der Waals surface area (Å²) >= 11 is 1.83. The van der Waals surface area contributed by atoms with Gasteiger partial charge in [0.2, 0.25) is 0 Å². The van der Waals surface area contributed by atoms with Crippen molar-refractivity contribution in [1.82, 2.24) is 5.32 Å². The molecule has 0 aromatic carbocycles. The fourth-order valence-corrected chi connectivity index (χ4v) is 1.22. The van der Waals surface area contributed by atoms with Crippen LogP contribution >= 0.6 is 11.8 Å². The average molecular weight is 160 g/mol. The summed E-state index contributed by atoms with van der Waals surface area (Å²) in [5, 5.41) is 3.10. The molecular formula is C7H16N2S. The molecule has 0 aromatic heterocycles. The van der Waals surface area contributed by atoms with E-state index < -0.39 is 0 Å². The summed E-state index contributed by atoms with van der Waals surface area (Å²) < 4.78 is 0. The molecular weight excluding hydrogens is 144 g/mol. The molecule has 0 aliphatic carbocycles. The maximum Gasteiger partial charge on any atom is 0.0466 e. The molecule has 3 N–H and O–H groups in total. The molecule has 0 aliphatic rings. The van der Waals surface area contributed by atoms with E-state index in [0.717, 1.165) is 17.9 Å². The van der Waals surface area contributed by atoms with Crippen LogP contribution in [0.15, 0.2) is 12.3 Å². The van der Waals surface area contributed by atoms with Gasteiger partial charge in [-0.15, -0.1) is 0 Å². The SMILES string of the molecule is C=C(N)[C@H](CCSC)NC. The van der Waals surface area contributed by atoms with Crippen molar-refractivity contribution in [2.45, 2.75) is 12.5 Å². The van der Waals surface area contributed by atoms with Gasteiger partial charge in [0.05, 0.1) is 0 Å². The van der Waals surface area contributed by atoms with E-state index in [2.05, 4.69) is 18.2 Å². The summed E-state index contributed by atoms with van der Waals surface area (Å²) in [6.07, 6.45) is 3.15. The maximum atomic E-state index is 5.52. The van der Waals surface area contributed by atoms with Gasteiger partial charge >= 0.3 is 0 Å². The van der Waals surface area contributed by atoms with E-state index in [9.17, 15) is 0 Å². The molecule has 0 unspecified atom stereocenters. The fourth-order valence-electron chi connectivity index (χ4n) is 0.751. The first-order valence-electron chi connectivity index (χ1n) is 3.32. The molecule has 0 saturated heterocycles. The van der Waals surface area contributed by atoms with Crippen molar-refractivity contribution in [1.29, 1.82) is 0 Å². The number of hydrogen-bond acceptors (Lipinski definition) is 3. The third-order valence-electron chi connectivity index (χ3n) is 1.41. The van der Waals surface area contributed by atoms with E-state index in [4.69, 9.17) is 5.73 Å². The van der Waals surface area contributed by atoms with Crippen LogP contribution in [0.2, 0.25) is 0 Å². The van der Waals surface area contributed by atoms with Crippen molar-refractivity contribution in [3.8, 4) is 0 Å². The number of thioether (sulfide) groups is 1. The van der Waals surface area contributed by atoms with Crippen LogP contribution in [0.1, 0.15) is 6.42 Å². The maximum absolute atomic E-state index is 5.52. The van der Waals surface area contributed by atoms with Crippen molar-refractivity contribution < 1.29 is 0 Å². The van der Waals surface area contributed by atoms with Gasteiger partial charge in [0.1, 0.15) is 0 Å². The summed E-state index contributed by atoms with van der Waals surface area (Å²) in [6, 6.07) is 0.285. The Balaban J connectivity index is 3.50. The topological polar surface area (TPSA) is 38.0 Å². The minimum absolute atomic E-state index is 0.285. The van der Waals surface area contributed by atoms with Crippen molar-refractivity contribution in [2.24, 2.45) is 5.73 Å². The highest BCUT2D eigenvalue weighted by atomic mass is 32.2. The number of likely N-dealkylation sites (N-methyl/N-ethyl adjacent to an activating group) is 1. The molecule has 0 spiro atoms. The van der Waals surface area contributed by atoms with Crippen LogP contribution in [0.3, 0.4) is 0 Å². The second-order valence-corrected chi connectivity index (χ2v) is 3.18. The molecule has 60 valence electrons. The zero-order chi connectivity index (χ0) is 7.98. The summed E-state index contributed by atoms with van der Waals surface area (Å²) in [5.74, 6) is 1.13. The van der Waals surface area contributed by atoms with Gasteiger partial charge in [0.25, 0.3) is 0 Å². The van der Waals surface area contributed by atoms with Gasteiger partial charge in [0.15, 0.2) is 0 Å². The van der Waals surface area contributed by atoms with E-state index >= 15 is 0 Å². The molecule has 0 aromatic rings. The van der Waals surface area contributed by atoms with Crippen LogP contribution in [0.4, 0.5) is 0 Å². The molecule has 3 heteroatoms. The van der Waals surface area contributed by atoms with Gasteiger partial charge < -0.3 is 11.1 Å². The summed E-state index contributed by atoms with van der Waals surface area (Å²) in [6.45, 7) is 3.69. The highest BCUT2D eigenvalue weighted by Gasteiger charge is 2.04. The van der Waals surface area contributed by atoms with Crippen molar-refractivity contribution in [2.75, 3.05) is 19.1 Å². The third kappa shape index (κ3) is 3.80. The van der Waals surface area contributed by atoms with Gasteiger partial charge in [0, 0.05) is 11.7 Å². The van der Waals surface area contributed by atoms with Crippen LogP contribution < -0.4 is 11.1 Å². The summed E-state index contributed by atoms with van der Waals surface area (Å²) in [5.41, 5.74) is 6.25. The van der Waals surface area contributed by atoms with Gasteiger partial charge in [-0.05, 0) is 25.5 Å². The second kappa shape index (κ2) is 5.62. The Kier molecular flexibility index (Phi) is 5.54. The van der Waals surface area contributed by atoms with E-state index in [-0.39, 0.29) is 6.04 Å². The average Bonchev–Trinajstić information content (AvgIpc) is 1.89. The molecule has 1 atom stereocenters. The lowest BCUT2D eigenvalue weighted by Gasteiger charge is -2.14. The highest BCUT2D eigenvalue weighted by molar-refractivity contribution is 7.98. The number of hydrogen-bond donors (Lipinski definition) is 2. The smallest absolute Gasteiger partial charge is 0.0466 e. The molecule has 0 heterocycles. The van der Waals surface area contributed by atoms with Crippen molar-refractivity contribution in [3.05, 3.63) is 12.3 Å². The molecule has 2 nitrogen and oxygen atoms in total. The van der Waals surface area contributed by atoms with Gasteiger partial charge in [-0.2, -0.15) is 11.8 Å². The van der Waals surface area contributed by atoms with Crippen molar-refractivity contribution >= 4 is 11.8 Å². The van der Waals surface area contributed by atoms with Crippen LogP contribution in [-0.2, 0) is 0 Å². The molecule has 10 heavy (non-hydrogen) atoms. The molecule has 0 bridgehead atoms. The number of nitrogens with two attached hydrogens (primary N) is 1. The number of nitrogens with one attached hydrogen (secondary N) is 1. The van der Waals surface area contributed by atoms with E-state index in [1.807, 2.05) is 18.8 Å². The van der Waals surface area contributed by atoms with Gasteiger partial charge in [-0.3, -0.25) is 0 Å². The first kappa shape index (κ1) is 9.85. The zero-order valence-electron chi connectivity index (χ0n) is 6.68. The van der Waals surface area contributed by atoms with E-state index in [0.29, 0.717) is 0 Å². The van der Waals surface area contributed by atoms with Crippen LogP contribution in [0.5, 0.6) is 0 Å². The van der Waals surface area contributed by atoms with Crippen LogP contribution in [0, 0.1) is 0 Å². The minimum Gasteiger partial charge on any atom is -0.401 e. The monoisotopic (exact) mass is 160 g/mol. The molecule has 0 rings (SSSR count). The van der Waals surface area contributed by atoms with Crippen LogP contribution in [-0.4, -0.2) is 25.1 Å². The van der Waals surface area contributed by atoms with Gasteiger partial charge in [-0.25, -0.2) is 0 Å². The Morgan fingerprint density at radius 1 is 1.80 bits per heavy atom. The number of rotatable bonds is 5. The zero-order valence-corrected chi connectivity index (χ0v) is 7.50. The normalized spacial score (nSPS) is 13.0. The Hall–Kier alpha value is -0.150. The molecule has 0 fully saturated rings. The Morgan fingerprint density at radius 3 is 2.70 bits per heavy atom. The summed E-state index contributed by atoms with van der Waals surface area (Å²) in [4.78, 5) is 0. The predicted octanol–water partition coefficient (Wildman–Crippen LogP) is 0.800. The minimum atomic E-state index is 0.285. The lowest BCUT2D eigenvalue weighted by molar-refractivity contribution is 0.617. The molecule has 0 aliphatic heterocycles. The first-order valence-corrected chi connectivity index (χ1v) is 4.72. The summed E-state index contributed by atoms with van der Waals surface area (Å²) in [7, 11) is 1.91.